The number of halogens is 1. The first kappa shape index (κ1) is 11.2. The summed E-state index contributed by atoms with van der Waals surface area (Å²) < 4.78 is 23.3. The Bertz CT molecular complexity index is 173. The van der Waals surface area contributed by atoms with Gasteiger partial charge in [-0.25, -0.2) is 0 Å². The maximum atomic E-state index is 13.5. The molecule has 0 fully saturated rings. The van der Waals surface area contributed by atoms with E-state index in [9.17, 15) is 4.20 Å². The first-order chi connectivity index (χ1) is 4.92. The third-order valence-electron chi connectivity index (χ3n) is 1.12. The second-order valence-electron chi connectivity index (χ2n) is 2.76. The average Bonchev–Trinajstić information content (AvgIpc) is 1.86. The van der Waals surface area contributed by atoms with Gasteiger partial charge >= 0.3 is 0 Å². The lowest BCUT2D eigenvalue weighted by molar-refractivity contribution is 0.199. The summed E-state index contributed by atoms with van der Waals surface area (Å²) in [4.78, 5) is 0. The van der Waals surface area contributed by atoms with E-state index in [1.54, 1.807) is 27.7 Å². The van der Waals surface area contributed by atoms with Crippen molar-refractivity contribution < 1.29 is 13.2 Å². The van der Waals surface area contributed by atoms with Crippen LogP contribution in [0.5, 0.6) is 0 Å². The molecular weight excluding hydrogens is 166 g/mol. The normalized spacial score (nSPS) is 16.6. The fourth-order valence-corrected chi connectivity index (χ4v) is 1.81. The molecule has 0 bridgehead atoms. The SMILES string of the molecule is COP(F)(OC(C)C)=C(C)C. The van der Waals surface area contributed by atoms with Crippen LogP contribution in [0.15, 0.2) is 0 Å². The van der Waals surface area contributed by atoms with Crippen LogP contribution >= 0.6 is 7.65 Å². The minimum absolute atomic E-state index is 0.136. The van der Waals surface area contributed by atoms with Gasteiger partial charge in [0, 0.05) is 12.4 Å². The Morgan fingerprint density at radius 3 is 1.91 bits per heavy atom. The smallest absolute Gasteiger partial charge is 0.296 e. The Balaban J connectivity index is 4.50. The molecule has 1 atom stereocenters. The Morgan fingerprint density at radius 2 is 1.82 bits per heavy atom. The third kappa shape index (κ3) is 3.37. The molecule has 1 unspecified atom stereocenters. The van der Waals surface area contributed by atoms with Gasteiger partial charge in [-0.15, -0.1) is 0 Å². The molecule has 0 aromatic rings. The van der Waals surface area contributed by atoms with Crippen LogP contribution < -0.4 is 0 Å². The van der Waals surface area contributed by atoms with Crippen molar-refractivity contribution in [3.63, 3.8) is 0 Å². The van der Waals surface area contributed by atoms with Crippen molar-refractivity contribution in [1.29, 1.82) is 0 Å². The lowest BCUT2D eigenvalue weighted by Crippen LogP contribution is -2.03. The van der Waals surface area contributed by atoms with E-state index in [2.05, 4.69) is 0 Å². The standard InChI is InChI=1S/C7H16FO2P/c1-6(2)10-11(8,9-5)7(3)4/h6H,1-5H3. The molecule has 0 N–H and O–H groups in total. The van der Waals surface area contributed by atoms with E-state index in [4.69, 9.17) is 9.05 Å². The summed E-state index contributed by atoms with van der Waals surface area (Å²) in [6.07, 6.45) is -0.136. The topological polar surface area (TPSA) is 18.5 Å². The zero-order valence-electron chi connectivity index (χ0n) is 7.72. The van der Waals surface area contributed by atoms with Crippen LogP contribution in [0.1, 0.15) is 27.7 Å². The third-order valence-corrected chi connectivity index (χ3v) is 3.35. The molecule has 0 aliphatic carbocycles. The van der Waals surface area contributed by atoms with Crippen LogP contribution in [-0.4, -0.2) is 18.5 Å². The van der Waals surface area contributed by atoms with Crippen molar-refractivity contribution in [2.45, 2.75) is 33.8 Å². The van der Waals surface area contributed by atoms with Crippen LogP contribution in [-0.2, 0) is 9.05 Å². The molecule has 4 heteroatoms. The van der Waals surface area contributed by atoms with Gasteiger partial charge in [-0.3, -0.25) is 0 Å². The van der Waals surface area contributed by atoms with Gasteiger partial charge in [0.15, 0.2) is 0 Å². The van der Waals surface area contributed by atoms with E-state index in [-0.39, 0.29) is 6.10 Å². The summed E-state index contributed by atoms with van der Waals surface area (Å²) in [6.45, 7) is 6.94. The zero-order valence-corrected chi connectivity index (χ0v) is 8.61. The van der Waals surface area contributed by atoms with Crippen molar-refractivity contribution in [2.75, 3.05) is 7.11 Å². The monoisotopic (exact) mass is 182 g/mol. The molecule has 0 aromatic heterocycles. The van der Waals surface area contributed by atoms with Crippen molar-refractivity contribution in [3.05, 3.63) is 0 Å². The Morgan fingerprint density at radius 1 is 1.36 bits per heavy atom. The maximum absolute atomic E-state index is 13.5. The number of hydrogen-bond acceptors (Lipinski definition) is 2. The second-order valence-corrected chi connectivity index (χ2v) is 5.19. The predicted molar refractivity (Wildman–Crippen MR) is 47.6 cm³/mol. The maximum Gasteiger partial charge on any atom is 0.296 e. The lowest BCUT2D eigenvalue weighted by Gasteiger charge is -2.19. The van der Waals surface area contributed by atoms with Gasteiger partial charge in [0.1, 0.15) is 0 Å². The molecule has 0 spiro atoms. The molecule has 0 aromatic carbocycles. The molecule has 0 heterocycles. The van der Waals surface area contributed by atoms with Crippen LogP contribution in [0.25, 0.3) is 0 Å². The van der Waals surface area contributed by atoms with Crippen LogP contribution in [0.4, 0.5) is 4.20 Å². The second kappa shape index (κ2) is 4.24. The zero-order chi connectivity index (χ0) is 9.07. The van der Waals surface area contributed by atoms with Gasteiger partial charge in [-0.1, -0.05) is 0 Å². The molecule has 68 valence electrons. The van der Waals surface area contributed by atoms with Gasteiger partial charge in [-0.05, 0) is 27.7 Å². The summed E-state index contributed by atoms with van der Waals surface area (Å²) in [5, 5.41) is 0.578. The first-order valence-electron chi connectivity index (χ1n) is 3.56. The number of rotatable bonds is 3. The highest BCUT2D eigenvalue weighted by atomic mass is 31.2. The molecule has 0 aliphatic heterocycles. The fourth-order valence-electron chi connectivity index (χ4n) is 0.602. The van der Waals surface area contributed by atoms with Gasteiger partial charge in [-0.2, -0.15) is 4.20 Å². The Hall–Kier alpha value is 0.150. The summed E-state index contributed by atoms with van der Waals surface area (Å²) in [5.41, 5.74) is 0. The largest absolute Gasteiger partial charge is 0.317 e. The molecule has 0 amide bonds. The average molecular weight is 182 g/mol. The van der Waals surface area contributed by atoms with Crippen LogP contribution in [0, 0.1) is 0 Å². The van der Waals surface area contributed by atoms with Gasteiger partial charge in [0.25, 0.3) is 7.65 Å². The molecule has 2 nitrogen and oxygen atoms in total. The first-order valence-corrected chi connectivity index (χ1v) is 5.07. The molecule has 0 radical (unpaired) electrons. The summed E-state index contributed by atoms with van der Waals surface area (Å²) >= 11 is 0. The highest BCUT2D eigenvalue weighted by Crippen LogP contribution is 2.53. The highest BCUT2D eigenvalue weighted by molar-refractivity contribution is 7.62. The van der Waals surface area contributed by atoms with E-state index in [0.29, 0.717) is 5.29 Å². The molecular formula is C7H16FO2P. The summed E-state index contributed by atoms with van der Waals surface area (Å²) in [6, 6.07) is 0. The van der Waals surface area contributed by atoms with Crippen molar-refractivity contribution in [3.8, 4) is 0 Å². The van der Waals surface area contributed by atoms with Gasteiger partial charge in [0.05, 0.1) is 6.10 Å². The minimum atomic E-state index is -3.16. The molecule has 0 aliphatic rings. The van der Waals surface area contributed by atoms with E-state index < -0.39 is 7.65 Å². The van der Waals surface area contributed by atoms with E-state index >= 15 is 0 Å². The molecule has 0 rings (SSSR count). The van der Waals surface area contributed by atoms with Crippen LogP contribution in [0.3, 0.4) is 0 Å². The van der Waals surface area contributed by atoms with Gasteiger partial charge < -0.3 is 9.05 Å². The summed E-state index contributed by atoms with van der Waals surface area (Å²) in [5.74, 6) is 0. The van der Waals surface area contributed by atoms with E-state index in [1.807, 2.05) is 0 Å². The predicted octanol–water partition coefficient (Wildman–Crippen LogP) is 3.00. The van der Waals surface area contributed by atoms with Crippen molar-refractivity contribution in [2.24, 2.45) is 0 Å². The molecule has 11 heavy (non-hydrogen) atoms. The number of hydrogen-bond donors (Lipinski definition) is 0. The highest BCUT2D eigenvalue weighted by Gasteiger charge is 2.20. The fraction of sp³-hybridized carbons (Fsp3) is 0.857. The Labute approximate surface area is 68.0 Å². The van der Waals surface area contributed by atoms with Crippen LogP contribution in [0.2, 0.25) is 0 Å². The quantitative estimate of drug-likeness (QED) is 0.624. The van der Waals surface area contributed by atoms with E-state index in [0.717, 1.165) is 0 Å². The van der Waals surface area contributed by atoms with Crippen molar-refractivity contribution >= 4 is 12.9 Å². The minimum Gasteiger partial charge on any atom is -0.317 e. The molecule has 0 saturated carbocycles. The Kier molecular flexibility index (Phi) is 4.30. The lowest BCUT2D eigenvalue weighted by atomic mass is 10.5. The van der Waals surface area contributed by atoms with Gasteiger partial charge in [0.2, 0.25) is 0 Å². The van der Waals surface area contributed by atoms with Crippen molar-refractivity contribution in [1.82, 2.24) is 0 Å². The van der Waals surface area contributed by atoms with E-state index in [1.165, 1.54) is 7.11 Å². The summed E-state index contributed by atoms with van der Waals surface area (Å²) in [7, 11) is -1.83. The molecule has 0 saturated heterocycles.